The molecule has 0 bridgehead atoms. The minimum absolute atomic E-state index is 0.116. The first-order valence-electron chi connectivity index (χ1n) is 5.16. The molecule has 0 saturated heterocycles. The molecule has 0 fully saturated rings. The molecule has 1 unspecified atom stereocenters. The summed E-state index contributed by atoms with van der Waals surface area (Å²) in [5, 5.41) is 15.0. The lowest BCUT2D eigenvalue weighted by atomic mass is 10.2. The Morgan fingerprint density at radius 1 is 1.41 bits per heavy atom. The highest BCUT2D eigenvalue weighted by Crippen LogP contribution is 2.20. The van der Waals surface area contributed by atoms with Crippen molar-refractivity contribution in [2.45, 2.75) is 13.0 Å². The smallest absolute Gasteiger partial charge is 0.335 e. The van der Waals surface area contributed by atoms with Crippen molar-refractivity contribution in [3.8, 4) is 0 Å². The predicted molar refractivity (Wildman–Crippen MR) is 67.6 cm³/mol. The Morgan fingerprint density at radius 2 is 2.12 bits per heavy atom. The number of nitrogens with one attached hydrogen (secondary N) is 1. The quantitative estimate of drug-likeness (QED) is 0.873. The van der Waals surface area contributed by atoms with Gasteiger partial charge in [0, 0.05) is 17.3 Å². The molecule has 0 amide bonds. The molecular formula is C12H12N2O2S. The van der Waals surface area contributed by atoms with Crippen molar-refractivity contribution in [1.29, 1.82) is 0 Å². The van der Waals surface area contributed by atoms with Crippen molar-refractivity contribution >= 4 is 23.0 Å². The second kappa shape index (κ2) is 4.97. The highest BCUT2D eigenvalue weighted by molar-refractivity contribution is 7.09. The third-order valence-electron chi connectivity index (χ3n) is 2.34. The molecule has 2 aromatic rings. The van der Waals surface area contributed by atoms with Gasteiger partial charge in [0.25, 0.3) is 0 Å². The molecule has 88 valence electrons. The third kappa shape index (κ3) is 2.82. The lowest BCUT2D eigenvalue weighted by molar-refractivity contribution is 0.0697. The van der Waals surface area contributed by atoms with Gasteiger partial charge in [0.15, 0.2) is 0 Å². The predicted octanol–water partition coefficient (Wildman–Crippen LogP) is 3.01. The molecule has 5 heteroatoms. The second-order valence-electron chi connectivity index (χ2n) is 3.62. The van der Waals surface area contributed by atoms with Gasteiger partial charge in [-0.2, -0.15) is 0 Å². The fourth-order valence-electron chi connectivity index (χ4n) is 1.47. The largest absolute Gasteiger partial charge is 0.478 e. The van der Waals surface area contributed by atoms with E-state index < -0.39 is 5.97 Å². The Labute approximate surface area is 103 Å². The number of nitrogens with zero attached hydrogens (tertiary/aromatic N) is 1. The van der Waals surface area contributed by atoms with Gasteiger partial charge in [-0.3, -0.25) is 0 Å². The van der Waals surface area contributed by atoms with Crippen molar-refractivity contribution in [3.63, 3.8) is 0 Å². The van der Waals surface area contributed by atoms with Crippen molar-refractivity contribution in [2.24, 2.45) is 0 Å². The molecule has 17 heavy (non-hydrogen) atoms. The molecule has 4 nitrogen and oxygen atoms in total. The van der Waals surface area contributed by atoms with Crippen LogP contribution < -0.4 is 5.32 Å². The molecule has 0 radical (unpaired) electrons. The zero-order valence-corrected chi connectivity index (χ0v) is 10.1. The minimum Gasteiger partial charge on any atom is -0.478 e. The standard InChI is InChI=1S/C12H12N2O2S/c1-8(11-13-6-7-17-11)14-10-4-2-9(3-5-10)12(15)16/h2-8,14H,1H3,(H,15,16). The van der Waals surface area contributed by atoms with Crippen LogP contribution in [0, 0.1) is 0 Å². The van der Waals surface area contributed by atoms with Gasteiger partial charge in [0.2, 0.25) is 0 Å². The zero-order valence-electron chi connectivity index (χ0n) is 9.25. The molecule has 2 rings (SSSR count). The van der Waals surface area contributed by atoms with Gasteiger partial charge in [-0.05, 0) is 31.2 Å². The maximum atomic E-state index is 10.7. The van der Waals surface area contributed by atoms with Crippen molar-refractivity contribution in [2.75, 3.05) is 5.32 Å². The highest BCUT2D eigenvalue weighted by atomic mass is 32.1. The molecule has 0 aliphatic heterocycles. The van der Waals surface area contributed by atoms with Crippen LogP contribution in [0.3, 0.4) is 0 Å². The van der Waals surface area contributed by atoms with Crippen molar-refractivity contribution in [3.05, 3.63) is 46.4 Å². The van der Waals surface area contributed by atoms with Crippen LogP contribution in [0.25, 0.3) is 0 Å². The molecule has 2 N–H and O–H groups in total. The summed E-state index contributed by atoms with van der Waals surface area (Å²) in [5.74, 6) is -0.912. The minimum atomic E-state index is -0.912. The summed E-state index contributed by atoms with van der Waals surface area (Å²) in [6.45, 7) is 2.02. The number of aromatic nitrogens is 1. The number of hydrogen-bond acceptors (Lipinski definition) is 4. The molecule has 0 aliphatic carbocycles. The molecule has 1 aromatic carbocycles. The molecule has 1 atom stereocenters. The summed E-state index contributed by atoms with van der Waals surface area (Å²) in [6, 6.07) is 6.80. The Morgan fingerprint density at radius 3 is 2.65 bits per heavy atom. The summed E-state index contributed by atoms with van der Waals surface area (Å²) >= 11 is 1.59. The summed E-state index contributed by atoms with van der Waals surface area (Å²) in [4.78, 5) is 14.9. The van der Waals surface area contributed by atoms with E-state index in [0.717, 1.165) is 10.7 Å². The van der Waals surface area contributed by atoms with Crippen LogP contribution in [-0.2, 0) is 0 Å². The summed E-state index contributed by atoms with van der Waals surface area (Å²) in [7, 11) is 0. The molecule has 0 spiro atoms. The van der Waals surface area contributed by atoms with E-state index in [0.29, 0.717) is 0 Å². The lowest BCUT2D eigenvalue weighted by Crippen LogP contribution is -2.06. The van der Waals surface area contributed by atoms with E-state index in [-0.39, 0.29) is 11.6 Å². The van der Waals surface area contributed by atoms with Crippen LogP contribution in [0.4, 0.5) is 5.69 Å². The first-order valence-corrected chi connectivity index (χ1v) is 6.04. The van der Waals surface area contributed by atoms with Gasteiger partial charge in [-0.1, -0.05) is 0 Å². The maximum Gasteiger partial charge on any atom is 0.335 e. The summed E-state index contributed by atoms with van der Waals surface area (Å²) in [5.41, 5.74) is 1.18. The maximum absolute atomic E-state index is 10.7. The van der Waals surface area contributed by atoms with Gasteiger partial charge in [0.05, 0.1) is 11.6 Å². The number of carboxylic acid groups (broad SMARTS) is 1. The Balaban J connectivity index is 2.06. The van der Waals surface area contributed by atoms with E-state index in [4.69, 9.17) is 5.11 Å². The number of carbonyl (C=O) groups is 1. The van der Waals surface area contributed by atoms with E-state index in [2.05, 4.69) is 10.3 Å². The topological polar surface area (TPSA) is 62.2 Å². The average Bonchev–Trinajstić information content (AvgIpc) is 2.83. The number of thiazole rings is 1. The third-order valence-corrected chi connectivity index (χ3v) is 3.30. The summed E-state index contributed by atoms with van der Waals surface area (Å²) < 4.78 is 0. The number of hydrogen-bond donors (Lipinski definition) is 2. The lowest BCUT2D eigenvalue weighted by Gasteiger charge is -2.12. The zero-order chi connectivity index (χ0) is 12.3. The normalized spacial score (nSPS) is 12.1. The Bertz CT molecular complexity index is 494. The Kier molecular flexibility index (Phi) is 3.39. The van der Waals surface area contributed by atoms with Crippen molar-refractivity contribution < 1.29 is 9.90 Å². The fourth-order valence-corrected chi connectivity index (χ4v) is 2.12. The molecule has 1 aromatic heterocycles. The van der Waals surface area contributed by atoms with E-state index in [1.54, 1.807) is 41.8 Å². The fraction of sp³-hybridized carbons (Fsp3) is 0.167. The monoisotopic (exact) mass is 248 g/mol. The number of benzene rings is 1. The highest BCUT2D eigenvalue weighted by Gasteiger charge is 2.08. The number of rotatable bonds is 4. The van der Waals surface area contributed by atoms with E-state index in [9.17, 15) is 4.79 Å². The molecule has 0 saturated carbocycles. The van der Waals surface area contributed by atoms with Crippen LogP contribution in [0.5, 0.6) is 0 Å². The van der Waals surface area contributed by atoms with E-state index in [1.165, 1.54) is 0 Å². The van der Waals surface area contributed by atoms with Gasteiger partial charge in [-0.25, -0.2) is 9.78 Å². The van der Waals surface area contributed by atoms with Crippen LogP contribution in [0.2, 0.25) is 0 Å². The summed E-state index contributed by atoms with van der Waals surface area (Å²) in [6.07, 6.45) is 1.77. The molecule has 1 heterocycles. The second-order valence-corrected chi connectivity index (χ2v) is 4.55. The van der Waals surface area contributed by atoms with Crippen LogP contribution in [0.15, 0.2) is 35.8 Å². The number of anilines is 1. The van der Waals surface area contributed by atoms with Crippen LogP contribution in [0.1, 0.15) is 28.3 Å². The number of aromatic carboxylic acids is 1. The van der Waals surface area contributed by atoms with Gasteiger partial charge >= 0.3 is 5.97 Å². The van der Waals surface area contributed by atoms with Crippen LogP contribution in [-0.4, -0.2) is 16.1 Å². The first-order chi connectivity index (χ1) is 8.16. The first kappa shape index (κ1) is 11.6. The number of carboxylic acids is 1. The van der Waals surface area contributed by atoms with Gasteiger partial charge in [-0.15, -0.1) is 11.3 Å². The van der Waals surface area contributed by atoms with Gasteiger partial charge in [0.1, 0.15) is 5.01 Å². The van der Waals surface area contributed by atoms with Gasteiger partial charge < -0.3 is 10.4 Å². The van der Waals surface area contributed by atoms with Crippen molar-refractivity contribution in [1.82, 2.24) is 4.98 Å². The van der Waals surface area contributed by atoms with Crippen LogP contribution >= 0.6 is 11.3 Å². The molecular weight excluding hydrogens is 236 g/mol. The SMILES string of the molecule is CC(Nc1ccc(C(=O)O)cc1)c1nccs1. The van der Waals surface area contributed by atoms with E-state index >= 15 is 0 Å². The van der Waals surface area contributed by atoms with E-state index in [1.807, 2.05) is 12.3 Å². The molecule has 0 aliphatic rings. The Hall–Kier alpha value is -1.88. The average molecular weight is 248 g/mol.